The molecule has 0 aromatic carbocycles. The molecule has 0 bridgehead atoms. The molecule has 2 aliphatic rings. The van der Waals surface area contributed by atoms with E-state index in [4.69, 9.17) is 0 Å². The standard InChI is InChI=1S/C13H23N3O3/c17-12(18)11-5-2-1-3-9-16(11)13(19)15-8-4-6-14-7-10-15/h11,14H,1-10H2,(H,17,18). The molecule has 2 amide bonds. The molecule has 2 N–H and O–H groups in total. The first-order valence-electron chi connectivity index (χ1n) is 7.19. The number of aliphatic carboxylic acids is 1. The molecule has 2 heterocycles. The maximum absolute atomic E-state index is 12.5. The zero-order valence-corrected chi connectivity index (χ0v) is 11.3. The van der Waals surface area contributed by atoms with Gasteiger partial charge in [-0.1, -0.05) is 12.8 Å². The van der Waals surface area contributed by atoms with E-state index in [9.17, 15) is 14.7 Å². The van der Waals surface area contributed by atoms with Crippen molar-refractivity contribution in [2.45, 2.75) is 38.1 Å². The van der Waals surface area contributed by atoms with E-state index in [2.05, 4.69) is 5.32 Å². The van der Waals surface area contributed by atoms with Crippen molar-refractivity contribution in [2.75, 3.05) is 32.7 Å². The lowest BCUT2D eigenvalue weighted by Gasteiger charge is -2.32. The van der Waals surface area contributed by atoms with Gasteiger partial charge < -0.3 is 20.2 Å². The van der Waals surface area contributed by atoms with Gasteiger partial charge in [0.2, 0.25) is 0 Å². The first-order valence-corrected chi connectivity index (χ1v) is 7.19. The Morgan fingerprint density at radius 1 is 1.00 bits per heavy atom. The van der Waals surface area contributed by atoms with Gasteiger partial charge in [-0.3, -0.25) is 0 Å². The normalized spacial score (nSPS) is 25.6. The molecular formula is C13H23N3O3. The van der Waals surface area contributed by atoms with Gasteiger partial charge >= 0.3 is 12.0 Å². The zero-order chi connectivity index (χ0) is 13.7. The second-order valence-corrected chi connectivity index (χ2v) is 5.27. The van der Waals surface area contributed by atoms with E-state index in [1.165, 1.54) is 0 Å². The number of carbonyl (C=O) groups is 2. The molecule has 2 saturated heterocycles. The molecule has 0 aromatic rings. The number of carbonyl (C=O) groups excluding carboxylic acids is 1. The molecular weight excluding hydrogens is 246 g/mol. The molecule has 1 atom stereocenters. The number of carboxylic acids is 1. The summed E-state index contributed by atoms with van der Waals surface area (Å²) in [7, 11) is 0. The topological polar surface area (TPSA) is 72.9 Å². The van der Waals surface area contributed by atoms with Crippen LogP contribution in [0.25, 0.3) is 0 Å². The lowest BCUT2D eigenvalue weighted by molar-refractivity contribution is -0.142. The van der Waals surface area contributed by atoms with Crippen LogP contribution in [-0.4, -0.2) is 65.7 Å². The summed E-state index contributed by atoms with van der Waals surface area (Å²) in [6.45, 7) is 3.67. The Labute approximate surface area is 113 Å². The largest absolute Gasteiger partial charge is 0.480 e. The van der Waals surface area contributed by atoms with E-state index in [-0.39, 0.29) is 6.03 Å². The zero-order valence-electron chi connectivity index (χ0n) is 11.3. The van der Waals surface area contributed by atoms with Gasteiger partial charge in [0.15, 0.2) is 0 Å². The van der Waals surface area contributed by atoms with Crippen molar-refractivity contribution < 1.29 is 14.7 Å². The van der Waals surface area contributed by atoms with E-state index in [0.29, 0.717) is 26.1 Å². The predicted molar refractivity (Wildman–Crippen MR) is 71.1 cm³/mol. The van der Waals surface area contributed by atoms with Crippen molar-refractivity contribution in [1.29, 1.82) is 0 Å². The Balaban J connectivity index is 2.06. The average molecular weight is 269 g/mol. The van der Waals surface area contributed by atoms with Gasteiger partial charge in [0.05, 0.1) is 0 Å². The van der Waals surface area contributed by atoms with Gasteiger partial charge in [-0.25, -0.2) is 9.59 Å². The van der Waals surface area contributed by atoms with Gasteiger partial charge in [0.1, 0.15) is 6.04 Å². The van der Waals surface area contributed by atoms with Crippen molar-refractivity contribution in [2.24, 2.45) is 0 Å². The first kappa shape index (κ1) is 14.1. The number of amides is 2. The fourth-order valence-corrected chi connectivity index (χ4v) is 2.81. The summed E-state index contributed by atoms with van der Waals surface area (Å²) in [5, 5.41) is 12.6. The molecule has 6 nitrogen and oxygen atoms in total. The van der Waals surface area contributed by atoms with Crippen molar-refractivity contribution in [3.8, 4) is 0 Å². The van der Waals surface area contributed by atoms with Crippen molar-refractivity contribution in [3.63, 3.8) is 0 Å². The lowest BCUT2D eigenvalue weighted by atomic mass is 10.1. The van der Waals surface area contributed by atoms with E-state index in [1.54, 1.807) is 9.80 Å². The fraction of sp³-hybridized carbons (Fsp3) is 0.846. The highest BCUT2D eigenvalue weighted by molar-refractivity contribution is 5.82. The SMILES string of the molecule is O=C(O)C1CCCCCN1C(=O)N1CCCNCC1. The number of nitrogens with one attached hydrogen (secondary N) is 1. The van der Waals surface area contributed by atoms with Gasteiger partial charge in [0.25, 0.3) is 0 Å². The number of hydrogen-bond donors (Lipinski definition) is 2. The summed E-state index contributed by atoms with van der Waals surface area (Å²) in [5.74, 6) is -0.872. The van der Waals surface area contributed by atoms with Crippen molar-refractivity contribution >= 4 is 12.0 Å². The van der Waals surface area contributed by atoms with Crippen LogP contribution in [0.1, 0.15) is 32.1 Å². The number of likely N-dealkylation sites (tertiary alicyclic amines) is 1. The minimum absolute atomic E-state index is 0.0991. The van der Waals surface area contributed by atoms with Crippen LogP contribution < -0.4 is 5.32 Å². The summed E-state index contributed by atoms with van der Waals surface area (Å²) in [5.41, 5.74) is 0. The molecule has 108 valence electrons. The van der Waals surface area contributed by atoms with Crippen LogP contribution in [0.4, 0.5) is 4.79 Å². The van der Waals surface area contributed by atoms with Crippen molar-refractivity contribution in [1.82, 2.24) is 15.1 Å². The third kappa shape index (κ3) is 3.59. The lowest BCUT2D eigenvalue weighted by Crippen LogP contribution is -2.51. The van der Waals surface area contributed by atoms with Crippen LogP contribution >= 0.6 is 0 Å². The maximum Gasteiger partial charge on any atom is 0.326 e. The summed E-state index contributed by atoms with van der Waals surface area (Å²) in [4.78, 5) is 27.2. The first-order chi connectivity index (χ1) is 9.20. The van der Waals surface area contributed by atoms with Crippen LogP contribution in [-0.2, 0) is 4.79 Å². The third-order valence-corrected chi connectivity index (χ3v) is 3.89. The quantitative estimate of drug-likeness (QED) is 0.736. The Hall–Kier alpha value is -1.30. The molecule has 0 saturated carbocycles. The molecule has 2 rings (SSSR count). The molecule has 2 aliphatic heterocycles. The number of urea groups is 1. The van der Waals surface area contributed by atoms with Crippen LogP contribution in [0.15, 0.2) is 0 Å². The second kappa shape index (κ2) is 6.75. The second-order valence-electron chi connectivity index (χ2n) is 5.27. The number of rotatable bonds is 1. The molecule has 2 fully saturated rings. The van der Waals surface area contributed by atoms with E-state index in [1.807, 2.05) is 0 Å². The maximum atomic E-state index is 12.5. The summed E-state index contributed by atoms with van der Waals surface area (Å²) >= 11 is 0. The molecule has 0 aromatic heterocycles. The van der Waals surface area contributed by atoms with Crippen LogP contribution in [0.5, 0.6) is 0 Å². The monoisotopic (exact) mass is 269 g/mol. The molecule has 19 heavy (non-hydrogen) atoms. The van der Waals surface area contributed by atoms with Gasteiger partial charge in [-0.05, 0) is 25.8 Å². The van der Waals surface area contributed by atoms with Gasteiger partial charge in [0, 0.05) is 26.2 Å². The Bertz CT molecular complexity index is 327. The van der Waals surface area contributed by atoms with E-state index in [0.717, 1.165) is 38.8 Å². The third-order valence-electron chi connectivity index (χ3n) is 3.89. The molecule has 6 heteroatoms. The average Bonchev–Trinajstić information content (AvgIpc) is 2.80. The highest BCUT2D eigenvalue weighted by Crippen LogP contribution is 2.19. The van der Waals surface area contributed by atoms with Crippen LogP contribution in [0, 0.1) is 0 Å². The Morgan fingerprint density at radius 3 is 2.63 bits per heavy atom. The van der Waals surface area contributed by atoms with Crippen molar-refractivity contribution in [3.05, 3.63) is 0 Å². The number of nitrogens with zero attached hydrogens (tertiary/aromatic N) is 2. The molecule has 0 radical (unpaired) electrons. The Kier molecular flexibility index (Phi) is 5.01. The highest BCUT2D eigenvalue weighted by atomic mass is 16.4. The summed E-state index contributed by atoms with van der Waals surface area (Å²) < 4.78 is 0. The minimum atomic E-state index is -0.872. The fourth-order valence-electron chi connectivity index (χ4n) is 2.81. The van der Waals surface area contributed by atoms with E-state index < -0.39 is 12.0 Å². The number of carboxylic acid groups (broad SMARTS) is 1. The van der Waals surface area contributed by atoms with Gasteiger partial charge in [-0.2, -0.15) is 0 Å². The van der Waals surface area contributed by atoms with Crippen LogP contribution in [0.3, 0.4) is 0 Å². The summed E-state index contributed by atoms with van der Waals surface area (Å²) in [6, 6.07) is -0.746. The minimum Gasteiger partial charge on any atom is -0.480 e. The molecule has 1 unspecified atom stereocenters. The number of hydrogen-bond acceptors (Lipinski definition) is 3. The summed E-state index contributed by atoms with van der Waals surface area (Å²) in [6.07, 6.45) is 4.31. The van der Waals surface area contributed by atoms with Crippen LogP contribution in [0.2, 0.25) is 0 Å². The van der Waals surface area contributed by atoms with Gasteiger partial charge in [-0.15, -0.1) is 0 Å². The van der Waals surface area contributed by atoms with E-state index >= 15 is 0 Å². The molecule has 0 aliphatic carbocycles. The molecule has 0 spiro atoms. The highest BCUT2D eigenvalue weighted by Gasteiger charge is 2.33. The Morgan fingerprint density at radius 2 is 1.84 bits per heavy atom. The smallest absolute Gasteiger partial charge is 0.326 e. The predicted octanol–water partition coefficient (Wildman–Crippen LogP) is 0.731.